The number of nitrogens with zero attached hydrogens (tertiary/aromatic N) is 1. The average molecular weight is 842 g/mol. The number of fused-ring (bicyclic) bond motifs is 4. The van der Waals surface area contributed by atoms with Gasteiger partial charge in [-0.25, -0.2) is 0 Å². The molecule has 0 aliphatic carbocycles. The summed E-state index contributed by atoms with van der Waals surface area (Å²) in [6.45, 7) is 0. The van der Waals surface area contributed by atoms with E-state index in [0.717, 1.165) is 66.8 Å². The molecule has 0 spiro atoms. The molecule has 0 fully saturated rings. The van der Waals surface area contributed by atoms with E-state index in [9.17, 15) is 0 Å². The molecule has 1 aromatic heterocycles. The Bertz CT molecular complexity index is 3700. The number of para-hydroxylation sites is 3. The summed E-state index contributed by atoms with van der Waals surface area (Å²) in [5.41, 5.74) is 18.9. The van der Waals surface area contributed by atoms with Crippen LogP contribution in [0, 0.1) is 0 Å². The zero-order valence-electron chi connectivity index (χ0n) is 36.2. The van der Waals surface area contributed by atoms with Crippen molar-refractivity contribution in [2.45, 2.75) is 0 Å². The molecule has 66 heavy (non-hydrogen) atoms. The van der Waals surface area contributed by atoms with Gasteiger partial charge in [-0.2, -0.15) is 0 Å². The van der Waals surface area contributed by atoms with Crippen LogP contribution in [0.5, 0.6) is 0 Å². The largest absolute Gasteiger partial charge is 0.455 e. The van der Waals surface area contributed by atoms with Crippen molar-refractivity contribution < 1.29 is 4.42 Å². The molecular formula is C64H43NO. The molecule has 1 heterocycles. The maximum Gasteiger partial charge on any atom is 0.143 e. The first kappa shape index (κ1) is 38.9. The predicted octanol–water partition coefficient (Wildman–Crippen LogP) is 18.2. The quantitative estimate of drug-likeness (QED) is 0.144. The van der Waals surface area contributed by atoms with Gasteiger partial charge in [0.1, 0.15) is 11.2 Å². The third-order valence-electron chi connectivity index (χ3n) is 12.9. The SMILES string of the molecule is c1ccc(-c2ccccc2-c2ccccc2-c2ccccc2N(c2ccc(-c3ccc(-c4ccc5ccccc5c4)cc3)cc2)c2cccc(-c3cccc4c3oc3ccccc34)c2)cc1. The minimum Gasteiger partial charge on any atom is -0.455 e. The van der Waals surface area contributed by atoms with Gasteiger partial charge in [-0.3, -0.25) is 0 Å². The van der Waals surface area contributed by atoms with Gasteiger partial charge in [0, 0.05) is 33.3 Å². The lowest BCUT2D eigenvalue weighted by Gasteiger charge is -2.29. The van der Waals surface area contributed by atoms with Crippen LogP contribution < -0.4 is 4.90 Å². The molecule has 0 radical (unpaired) electrons. The smallest absolute Gasteiger partial charge is 0.143 e. The van der Waals surface area contributed by atoms with Crippen molar-refractivity contribution in [3.8, 4) is 66.8 Å². The minimum atomic E-state index is 0.891. The molecule has 12 rings (SSSR count). The Balaban J connectivity index is 0.985. The Labute approximate surface area is 384 Å². The summed E-state index contributed by atoms with van der Waals surface area (Å²) in [5, 5.41) is 4.74. The number of hydrogen-bond acceptors (Lipinski definition) is 2. The topological polar surface area (TPSA) is 16.4 Å². The summed E-state index contributed by atoms with van der Waals surface area (Å²) < 4.78 is 6.57. The van der Waals surface area contributed by atoms with Crippen LogP contribution in [-0.2, 0) is 0 Å². The van der Waals surface area contributed by atoms with Crippen LogP contribution in [0.1, 0.15) is 0 Å². The first-order valence-corrected chi connectivity index (χ1v) is 22.6. The summed E-state index contributed by atoms with van der Waals surface area (Å²) >= 11 is 0. The van der Waals surface area contributed by atoms with Crippen LogP contribution in [0.3, 0.4) is 0 Å². The van der Waals surface area contributed by atoms with Crippen molar-refractivity contribution in [1.82, 2.24) is 0 Å². The predicted molar refractivity (Wildman–Crippen MR) is 279 cm³/mol. The van der Waals surface area contributed by atoms with E-state index in [1.807, 2.05) is 12.1 Å². The zero-order valence-corrected chi connectivity index (χ0v) is 36.2. The van der Waals surface area contributed by atoms with Gasteiger partial charge in [-0.15, -0.1) is 0 Å². The number of benzene rings is 11. The van der Waals surface area contributed by atoms with E-state index < -0.39 is 0 Å². The van der Waals surface area contributed by atoms with Gasteiger partial charge in [-0.05, 0) is 109 Å². The van der Waals surface area contributed by atoms with Crippen molar-refractivity contribution in [2.24, 2.45) is 0 Å². The summed E-state index contributed by atoms with van der Waals surface area (Å²) in [4.78, 5) is 2.41. The highest BCUT2D eigenvalue weighted by Crippen LogP contribution is 2.46. The highest BCUT2D eigenvalue weighted by atomic mass is 16.3. The van der Waals surface area contributed by atoms with E-state index >= 15 is 0 Å². The lowest BCUT2D eigenvalue weighted by atomic mass is 9.88. The Kier molecular flexibility index (Phi) is 9.89. The Morgan fingerprint density at radius 3 is 1.55 bits per heavy atom. The zero-order chi connectivity index (χ0) is 43.8. The van der Waals surface area contributed by atoms with E-state index in [2.05, 4.69) is 254 Å². The van der Waals surface area contributed by atoms with Gasteiger partial charge < -0.3 is 9.32 Å². The monoisotopic (exact) mass is 841 g/mol. The number of hydrogen-bond donors (Lipinski definition) is 0. The number of rotatable bonds is 9. The van der Waals surface area contributed by atoms with Crippen molar-refractivity contribution in [1.29, 1.82) is 0 Å². The van der Waals surface area contributed by atoms with Crippen LogP contribution in [0.4, 0.5) is 17.1 Å². The molecule has 12 aromatic rings. The van der Waals surface area contributed by atoms with Crippen molar-refractivity contribution >= 4 is 49.8 Å². The van der Waals surface area contributed by atoms with Gasteiger partial charge in [0.2, 0.25) is 0 Å². The molecule has 0 saturated heterocycles. The lowest BCUT2D eigenvalue weighted by Crippen LogP contribution is -2.11. The summed E-state index contributed by atoms with van der Waals surface area (Å²) in [6.07, 6.45) is 0. The second-order valence-corrected chi connectivity index (χ2v) is 16.8. The van der Waals surface area contributed by atoms with Crippen LogP contribution >= 0.6 is 0 Å². The Morgan fingerprint density at radius 2 is 0.773 bits per heavy atom. The molecule has 0 aliphatic heterocycles. The van der Waals surface area contributed by atoms with Crippen molar-refractivity contribution in [3.05, 3.63) is 261 Å². The maximum absolute atomic E-state index is 6.57. The molecule has 0 aliphatic rings. The molecule has 0 atom stereocenters. The van der Waals surface area contributed by atoms with E-state index in [1.54, 1.807) is 0 Å². The summed E-state index contributed by atoms with van der Waals surface area (Å²) in [7, 11) is 0. The number of anilines is 3. The summed E-state index contributed by atoms with van der Waals surface area (Å²) in [6, 6.07) is 93.9. The van der Waals surface area contributed by atoms with Crippen LogP contribution in [-0.4, -0.2) is 0 Å². The van der Waals surface area contributed by atoms with E-state index in [0.29, 0.717) is 0 Å². The third kappa shape index (κ3) is 7.12. The molecule has 2 nitrogen and oxygen atoms in total. The Morgan fingerprint density at radius 1 is 0.258 bits per heavy atom. The molecule has 0 saturated carbocycles. The Hall–Kier alpha value is -8.72. The fraction of sp³-hybridized carbons (Fsp3) is 0. The fourth-order valence-electron chi connectivity index (χ4n) is 9.68. The molecule has 0 N–H and O–H groups in total. The highest BCUT2D eigenvalue weighted by molar-refractivity contribution is 6.10. The standard InChI is InChI=1S/C64H43NO/c1-2-17-48(18-3-1)54-22-6-7-23-56(54)57-24-8-9-25-58(57)59-26-10-12-30-62(59)65(53-21-14-20-51(43-53)55-28-15-29-61-60-27-11-13-31-63(60)66-64(55)61)52-40-38-46(39-41-52)45-32-34-47(35-33-45)50-37-36-44-16-4-5-19-49(44)42-50/h1-43H. The molecule has 2 heteroatoms. The van der Waals surface area contributed by atoms with E-state index in [4.69, 9.17) is 4.42 Å². The molecule has 310 valence electrons. The first-order chi connectivity index (χ1) is 32.7. The van der Waals surface area contributed by atoms with Crippen LogP contribution in [0.2, 0.25) is 0 Å². The van der Waals surface area contributed by atoms with E-state index in [-0.39, 0.29) is 0 Å². The molecule has 11 aromatic carbocycles. The molecule has 0 amide bonds. The van der Waals surface area contributed by atoms with Crippen molar-refractivity contribution in [2.75, 3.05) is 4.90 Å². The minimum absolute atomic E-state index is 0.891. The molecule has 0 bridgehead atoms. The van der Waals surface area contributed by atoms with Gasteiger partial charge in [0.05, 0.1) is 5.69 Å². The van der Waals surface area contributed by atoms with Gasteiger partial charge in [0.25, 0.3) is 0 Å². The lowest BCUT2D eigenvalue weighted by molar-refractivity contribution is 0.670. The van der Waals surface area contributed by atoms with Crippen LogP contribution in [0.25, 0.3) is 99.5 Å². The normalized spacial score (nSPS) is 11.3. The third-order valence-corrected chi connectivity index (χ3v) is 12.9. The van der Waals surface area contributed by atoms with Gasteiger partial charge in [0.15, 0.2) is 0 Å². The molecular weight excluding hydrogens is 799 g/mol. The second-order valence-electron chi connectivity index (χ2n) is 16.8. The van der Waals surface area contributed by atoms with Gasteiger partial charge >= 0.3 is 0 Å². The molecule has 0 unspecified atom stereocenters. The summed E-state index contributed by atoms with van der Waals surface area (Å²) in [5.74, 6) is 0. The van der Waals surface area contributed by atoms with E-state index in [1.165, 1.54) is 49.7 Å². The maximum atomic E-state index is 6.57. The number of furan rings is 1. The first-order valence-electron chi connectivity index (χ1n) is 22.6. The van der Waals surface area contributed by atoms with Gasteiger partial charge in [-0.1, -0.05) is 218 Å². The van der Waals surface area contributed by atoms with Crippen LogP contribution in [0.15, 0.2) is 265 Å². The fourth-order valence-corrected chi connectivity index (χ4v) is 9.68. The van der Waals surface area contributed by atoms with Crippen molar-refractivity contribution in [3.63, 3.8) is 0 Å². The second kappa shape index (κ2) is 16.8. The average Bonchev–Trinajstić information content (AvgIpc) is 3.79. The highest BCUT2D eigenvalue weighted by Gasteiger charge is 2.21.